The molecule has 0 unspecified atom stereocenters. The maximum absolute atomic E-state index is 14.3. The number of anilines is 1. The van der Waals surface area contributed by atoms with Gasteiger partial charge in [0.2, 0.25) is 5.91 Å². The Hall–Kier alpha value is -2.92. The average molecular weight is 491 g/mol. The van der Waals surface area contributed by atoms with Crippen molar-refractivity contribution in [2.24, 2.45) is 0 Å². The predicted octanol–water partition coefficient (Wildman–Crippen LogP) is 5.78. The Morgan fingerprint density at radius 1 is 0.938 bits per heavy atom. The van der Waals surface area contributed by atoms with Gasteiger partial charge in [0.05, 0.1) is 0 Å². The molecule has 164 valence electrons. The summed E-state index contributed by atoms with van der Waals surface area (Å²) in [7, 11) is 0. The lowest BCUT2D eigenvalue weighted by Crippen LogP contribution is -2.60. The van der Waals surface area contributed by atoms with Gasteiger partial charge >= 0.3 is 0 Å². The fourth-order valence-corrected chi connectivity index (χ4v) is 4.86. The van der Waals surface area contributed by atoms with Gasteiger partial charge in [-0.15, -0.1) is 0 Å². The van der Waals surface area contributed by atoms with Gasteiger partial charge in [-0.3, -0.25) is 14.5 Å². The van der Waals surface area contributed by atoms with Crippen molar-refractivity contribution in [2.75, 3.05) is 4.90 Å². The molecule has 1 saturated heterocycles. The van der Waals surface area contributed by atoms with Crippen molar-refractivity contribution in [2.45, 2.75) is 44.2 Å². The minimum absolute atomic E-state index is 0.0722. The molecule has 3 aromatic carbocycles. The molecule has 0 aliphatic carbocycles. The third-order valence-corrected chi connectivity index (χ3v) is 6.35. The molecule has 1 heterocycles. The van der Waals surface area contributed by atoms with Gasteiger partial charge < -0.3 is 5.32 Å². The van der Waals surface area contributed by atoms with Gasteiger partial charge in [-0.05, 0) is 56.2 Å². The van der Waals surface area contributed by atoms with Crippen molar-refractivity contribution >= 4 is 33.4 Å². The van der Waals surface area contributed by atoms with Crippen LogP contribution in [0.25, 0.3) is 0 Å². The number of nitrogens with zero attached hydrogens (tertiary/aromatic N) is 1. The van der Waals surface area contributed by atoms with E-state index in [1.165, 1.54) is 0 Å². The highest BCUT2D eigenvalue weighted by molar-refractivity contribution is 9.10. The van der Waals surface area contributed by atoms with Gasteiger partial charge in [-0.1, -0.05) is 76.6 Å². The monoisotopic (exact) mass is 490 g/mol. The van der Waals surface area contributed by atoms with Gasteiger partial charge in [-0.2, -0.15) is 0 Å². The first-order valence-corrected chi connectivity index (χ1v) is 11.5. The van der Waals surface area contributed by atoms with Crippen LogP contribution in [0.3, 0.4) is 0 Å². The number of rotatable bonds is 4. The summed E-state index contributed by atoms with van der Waals surface area (Å²) in [4.78, 5) is 29.6. The fraction of sp³-hybridized carbons (Fsp3) is 0.259. The highest BCUT2D eigenvalue weighted by atomic mass is 79.9. The fourth-order valence-electron chi connectivity index (χ4n) is 4.60. The SMILES string of the molecule is CC(C)(C)NC(=O)[C@@]1(c2ccc(Br)cc2)[C@H](c2ccccc2)CC(=O)N1c1ccccc1. The Bertz CT molecular complexity index is 1110. The highest BCUT2D eigenvalue weighted by Gasteiger charge is 2.60. The zero-order valence-corrected chi connectivity index (χ0v) is 20.1. The van der Waals surface area contributed by atoms with Crippen molar-refractivity contribution in [1.82, 2.24) is 5.32 Å². The van der Waals surface area contributed by atoms with Crippen molar-refractivity contribution in [3.8, 4) is 0 Å². The second kappa shape index (κ2) is 8.55. The molecule has 2 atom stereocenters. The molecule has 2 amide bonds. The number of carbonyl (C=O) groups excluding carboxylic acids is 2. The topological polar surface area (TPSA) is 49.4 Å². The van der Waals surface area contributed by atoms with Crippen LogP contribution in [0.2, 0.25) is 0 Å². The molecule has 0 aromatic heterocycles. The van der Waals surface area contributed by atoms with E-state index >= 15 is 0 Å². The Kier molecular flexibility index (Phi) is 5.95. The minimum atomic E-state index is -1.23. The van der Waals surface area contributed by atoms with Crippen LogP contribution in [0, 0.1) is 0 Å². The third kappa shape index (κ3) is 3.97. The van der Waals surface area contributed by atoms with Crippen LogP contribution in [-0.4, -0.2) is 17.4 Å². The van der Waals surface area contributed by atoms with Gasteiger partial charge in [-0.25, -0.2) is 0 Å². The molecule has 1 aliphatic rings. The molecule has 32 heavy (non-hydrogen) atoms. The zero-order chi connectivity index (χ0) is 22.9. The van der Waals surface area contributed by atoms with Crippen LogP contribution in [0.4, 0.5) is 5.69 Å². The molecule has 0 spiro atoms. The average Bonchev–Trinajstić information content (AvgIpc) is 3.08. The lowest BCUT2D eigenvalue weighted by molar-refractivity contribution is -0.129. The van der Waals surface area contributed by atoms with Crippen LogP contribution in [0.15, 0.2) is 89.4 Å². The summed E-state index contributed by atoms with van der Waals surface area (Å²) in [5, 5.41) is 3.19. The summed E-state index contributed by atoms with van der Waals surface area (Å²) < 4.78 is 0.916. The Labute approximate surface area is 197 Å². The van der Waals surface area contributed by atoms with Crippen LogP contribution in [-0.2, 0) is 15.1 Å². The number of nitrogens with one attached hydrogen (secondary N) is 1. The van der Waals surface area contributed by atoms with Crippen molar-refractivity contribution in [3.63, 3.8) is 0 Å². The molecule has 4 rings (SSSR count). The van der Waals surface area contributed by atoms with E-state index in [9.17, 15) is 9.59 Å². The summed E-state index contributed by atoms with van der Waals surface area (Å²) in [6.07, 6.45) is 0.243. The van der Waals surface area contributed by atoms with Gasteiger partial charge in [0.25, 0.3) is 5.91 Å². The number of para-hydroxylation sites is 1. The third-order valence-electron chi connectivity index (χ3n) is 5.82. The molecule has 1 fully saturated rings. The Balaban J connectivity index is 2.03. The number of halogens is 1. The predicted molar refractivity (Wildman–Crippen MR) is 131 cm³/mol. The second-order valence-electron chi connectivity index (χ2n) is 9.21. The maximum atomic E-state index is 14.3. The lowest BCUT2D eigenvalue weighted by Gasteiger charge is -2.43. The summed E-state index contributed by atoms with van der Waals surface area (Å²) in [6.45, 7) is 5.88. The van der Waals surface area contributed by atoms with Gasteiger partial charge in [0.1, 0.15) is 0 Å². The van der Waals surface area contributed by atoms with Crippen LogP contribution >= 0.6 is 15.9 Å². The first kappa shape index (κ1) is 22.3. The normalized spacial score (nSPS) is 20.9. The molecule has 3 aromatic rings. The molecule has 0 radical (unpaired) electrons. The number of carbonyl (C=O) groups is 2. The summed E-state index contributed by atoms with van der Waals surface area (Å²) >= 11 is 3.51. The van der Waals surface area contributed by atoms with E-state index < -0.39 is 11.1 Å². The smallest absolute Gasteiger partial charge is 0.252 e. The van der Waals surface area contributed by atoms with Crippen LogP contribution in [0.5, 0.6) is 0 Å². The van der Waals surface area contributed by atoms with Gasteiger partial charge in [0, 0.05) is 28.0 Å². The Morgan fingerprint density at radius 2 is 1.50 bits per heavy atom. The molecule has 0 saturated carbocycles. The standard InChI is InChI=1S/C27H27BrN2O2/c1-26(2,3)29-25(32)27(20-14-16-21(28)17-15-20)23(19-10-6-4-7-11-19)18-24(31)30(27)22-12-8-5-9-13-22/h4-17,23H,18H2,1-3H3,(H,29,32)/t23-,27+/m0/s1. The Morgan fingerprint density at radius 3 is 2.06 bits per heavy atom. The van der Waals surface area contributed by atoms with Crippen molar-refractivity contribution in [3.05, 3.63) is 101 Å². The van der Waals surface area contributed by atoms with E-state index in [1.807, 2.05) is 106 Å². The van der Waals surface area contributed by atoms with E-state index in [0.29, 0.717) is 5.69 Å². The molecule has 5 heteroatoms. The van der Waals surface area contributed by atoms with E-state index in [-0.39, 0.29) is 24.2 Å². The van der Waals surface area contributed by atoms with Crippen LogP contribution < -0.4 is 10.2 Å². The number of amides is 2. The summed E-state index contributed by atoms with van der Waals surface area (Å²) in [5.41, 5.74) is 0.766. The first-order chi connectivity index (χ1) is 15.2. The van der Waals surface area contributed by atoms with Crippen LogP contribution in [0.1, 0.15) is 44.2 Å². The molecule has 1 aliphatic heterocycles. The van der Waals surface area contributed by atoms with Crippen molar-refractivity contribution in [1.29, 1.82) is 0 Å². The number of hydrogen-bond acceptors (Lipinski definition) is 2. The maximum Gasteiger partial charge on any atom is 0.252 e. The first-order valence-electron chi connectivity index (χ1n) is 10.7. The number of hydrogen-bond donors (Lipinski definition) is 1. The second-order valence-corrected chi connectivity index (χ2v) is 10.1. The molecule has 1 N–H and O–H groups in total. The molecular weight excluding hydrogens is 464 g/mol. The zero-order valence-electron chi connectivity index (χ0n) is 18.5. The largest absolute Gasteiger partial charge is 0.349 e. The van der Waals surface area contributed by atoms with Crippen molar-refractivity contribution < 1.29 is 9.59 Å². The summed E-state index contributed by atoms with van der Waals surface area (Å²) in [5.74, 6) is -0.604. The molecule has 0 bridgehead atoms. The molecule has 4 nitrogen and oxygen atoms in total. The quantitative estimate of drug-likeness (QED) is 0.503. The number of benzene rings is 3. The highest BCUT2D eigenvalue weighted by Crippen LogP contribution is 2.52. The van der Waals surface area contributed by atoms with Gasteiger partial charge in [0.15, 0.2) is 5.54 Å². The van der Waals surface area contributed by atoms with E-state index in [0.717, 1.165) is 15.6 Å². The van der Waals surface area contributed by atoms with E-state index in [1.54, 1.807) is 4.90 Å². The van der Waals surface area contributed by atoms with E-state index in [2.05, 4.69) is 21.2 Å². The summed E-state index contributed by atoms with van der Waals surface area (Å²) in [6, 6.07) is 27.1. The minimum Gasteiger partial charge on any atom is -0.349 e. The van der Waals surface area contributed by atoms with E-state index in [4.69, 9.17) is 0 Å². The lowest BCUT2D eigenvalue weighted by atomic mass is 9.73. The molecular formula is C27H27BrN2O2.